The predicted octanol–water partition coefficient (Wildman–Crippen LogP) is 4.34. The van der Waals surface area contributed by atoms with Crippen molar-refractivity contribution in [2.75, 3.05) is 0 Å². The summed E-state index contributed by atoms with van der Waals surface area (Å²) in [6, 6.07) is 32.1. The maximum absolute atomic E-state index is 14.6. The van der Waals surface area contributed by atoms with Crippen molar-refractivity contribution >= 4 is 17.9 Å². The maximum Gasteiger partial charge on any atom is 0.205 e. The van der Waals surface area contributed by atoms with Gasteiger partial charge in [0, 0.05) is 29.0 Å². The molecule has 2 atom stereocenters. The molecule has 4 aromatic rings. The van der Waals surface area contributed by atoms with Gasteiger partial charge in [-0.1, -0.05) is 66.7 Å². The summed E-state index contributed by atoms with van der Waals surface area (Å²) in [7, 11) is -3.17. The van der Waals surface area contributed by atoms with E-state index in [1.807, 2.05) is 103 Å². The van der Waals surface area contributed by atoms with E-state index >= 15 is 0 Å². The molecule has 0 amide bonds. The first-order valence-electron chi connectivity index (χ1n) is 9.88. The van der Waals surface area contributed by atoms with Crippen molar-refractivity contribution in [2.45, 2.75) is 12.1 Å². The molecule has 0 fully saturated rings. The zero-order valence-corrected chi connectivity index (χ0v) is 17.4. The Balaban J connectivity index is 1.82. The Labute approximate surface area is 177 Å². The van der Waals surface area contributed by atoms with Crippen LogP contribution in [0.2, 0.25) is 0 Å². The molecule has 30 heavy (non-hydrogen) atoms. The van der Waals surface area contributed by atoms with Gasteiger partial charge in [-0.2, -0.15) is 0 Å². The Kier molecular flexibility index (Phi) is 6.20. The molecule has 0 radical (unpaired) electrons. The van der Waals surface area contributed by atoms with Gasteiger partial charge < -0.3 is 5.73 Å². The van der Waals surface area contributed by atoms with Crippen molar-refractivity contribution in [3.05, 3.63) is 127 Å². The van der Waals surface area contributed by atoms with Crippen LogP contribution in [0.4, 0.5) is 0 Å². The molecule has 0 unspecified atom stereocenters. The average molecular weight is 413 g/mol. The maximum atomic E-state index is 14.6. The molecule has 0 aliphatic heterocycles. The first-order chi connectivity index (χ1) is 14.7. The summed E-state index contributed by atoms with van der Waals surface area (Å²) in [4.78, 5) is 4.10. The minimum absolute atomic E-state index is 0.361. The molecule has 1 heterocycles. The Bertz CT molecular complexity index is 1060. The number of hydrogen-bond acceptors (Lipinski definition) is 3. The molecule has 0 aliphatic rings. The van der Waals surface area contributed by atoms with Crippen molar-refractivity contribution in [2.24, 2.45) is 5.73 Å². The standard InChI is InChI=1S/C25H24N3OP/c26-24(20-16-18-27-19-17-20)25(21-10-4-1-5-11-21)28-30(29,22-12-6-2-7-13-22)23-14-8-3-9-15-23/h1-19,24-25H,26H2,(H,28,29)/t24-,25-/m0/s1. The average Bonchev–Trinajstić information content (AvgIpc) is 2.84. The molecular weight excluding hydrogens is 389 g/mol. The van der Waals surface area contributed by atoms with E-state index in [2.05, 4.69) is 10.1 Å². The fourth-order valence-electron chi connectivity index (χ4n) is 3.57. The van der Waals surface area contributed by atoms with Crippen molar-refractivity contribution < 1.29 is 4.57 Å². The molecule has 0 aliphatic carbocycles. The molecule has 1 aromatic heterocycles. The van der Waals surface area contributed by atoms with E-state index in [4.69, 9.17) is 5.73 Å². The van der Waals surface area contributed by atoms with Gasteiger partial charge in [-0.15, -0.1) is 0 Å². The number of nitrogens with one attached hydrogen (secondary N) is 1. The van der Waals surface area contributed by atoms with Crippen LogP contribution in [-0.2, 0) is 4.57 Å². The molecule has 3 aromatic carbocycles. The van der Waals surface area contributed by atoms with Crippen LogP contribution in [-0.4, -0.2) is 4.98 Å². The Hall–Kier alpha value is -3.04. The van der Waals surface area contributed by atoms with E-state index < -0.39 is 13.3 Å². The van der Waals surface area contributed by atoms with Crippen LogP contribution < -0.4 is 21.4 Å². The molecule has 0 saturated carbocycles. The minimum Gasteiger partial charge on any atom is -0.322 e. The van der Waals surface area contributed by atoms with Gasteiger partial charge >= 0.3 is 0 Å². The summed E-state index contributed by atoms with van der Waals surface area (Å²) in [6.07, 6.45) is 3.45. The second kappa shape index (κ2) is 9.19. The molecule has 4 rings (SSSR count). The highest BCUT2D eigenvalue weighted by Gasteiger charge is 2.33. The van der Waals surface area contributed by atoms with Crippen molar-refractivity contribution in [3.8, 4) is 0 Å². The van der Waals surface area contributed by atoms with Crippen LogP contribution in [0.15, 0.2) is 116 Å². The smallest absolute Gasteiger partial charge is 0.205 e. The lowest BCUT2D eigenvalue weighted by atomic mass is 9.96. The van der Waals surface area contributed by atoms with Gasteiger partial charge in [0.1, 0.15) is 0 Å². The number of nitrogens with two attached hydrogens (primary N) is 1. The lowest BCUT2D eigenvalue weighted by Gasteiger charge is -2.31. The van der Waals surface area contributed by atoms with Crippen LogP contribution >= 0.6 is 7.29 Å². The zero-order valence-electron chi connectivity index (χ0n) is 16.5. The third-order valence-corrected chi connectivity index (χ3v) is 7.86. The molecule has 0 spiro atoms. The summed E-state index contributed by atoms with van der Waals surface area (Å²) in [6.45, 7) is 0. The number of aromatic nitrogens is 1. The van der Waals surface area contributed by atoms with Gasteiger partial charge in [0.2, 0.25) is 7.29 Å². The molecule has 0 bridgehead atoms. The number of nitrogens with zero attached hydrogens (tertiary/aromatic N) is 1. The van der Waals surface area contributed by atoms with Crippen LogP contribution in [0.25, 0.3) is 0 Å². The van der Waals surface area contributed by atoms with Crippen molar-refractivity contribution in [1.82, 2.24) is 10.1 Å². The van der Waals surface area contributed by atoms with Crippen LogP contribution in [0, 0.1) is 0 Å². The quantitative estimate of drug-likeness (QED) is 0.442. The van der Waals surface area contributed by atoms with Gasteiger partial charge in [-0.3, -0.25) is 14.6 Å². The highest BCUT2D eigenvalue weighted by Crippen LogP contribution is 2.44. The van der Waals surface area contributed by atoms with E-state index in [1.165, 1.54) is 0 Å². The number of pyridine rings is 1. The number of hydrogen-bond donors (Lipinski definition) is 2. The Morgan fingerprint density at radius 1 is 0.667 bits per heavy atom. The van der Waals surface area contributed by atoms with Crippen LogP contribution in [0.1, 0.15) is 23.2 Å². The predicted molar refractivity (Wildman–Crippen MR) is 123 cm³/mol. The van der Waals surface area contributed by atoms with Gasteiger partial charge in [-0.05, 0) is 47.5 Å². The number of benzene rings is 3. The Morgan fingerprint density at radius 3 is 1.63 bits per heavy atom. The summed E-state index contributed by atoms with van der Waals surface area (Å²) < 4.78 is 14.6. The fraction of sp³-hybridized carbons (Fsp3) is 0.0800. The normalized spacial score (nSPS) is 13.5. The molecular formula is C25H24N3OP. The molecule has 4 nitrogen and oxygen atoms in total. The van der Waals surface area contributed by atoms with E-state index in [0.29, 0.717) is 0 Å². The molecule has 3 N–H and O–H groups in total. The highest BCUT2D eigenvalue weighted by atomic mass is 31.2. The van der Waals surface area contributed by atoms with Gasteiger partial charge in [-0.25, -0.2) is 0 Å². The monoisotopic (exact) mass is 413 g/mol. The lowest BCUT2D eigenvalue weighted by Crippen LogP contribution is -2.36. The number of rotatable bonds is 7. The van der Waals surface area contributed by atoms with Crippen molar-refractivity contribution in [3.63, 3.8) is 0 Å². The summed E-state index contributed by atoms with van der Waals surface area (Å²) in [5.74, 6) is 0. The van der Waals surface area contributed by atoms with Gasteiger partial charge in [0.15, 0.2) is 0 Å². The Morgan fingerprint density at radius 2 is 1.13 bits per heavy atom. The molecule has 150 valence electrons. The molecule has 0 saturated heterocycles. The first kappa shape index (κ1) is 20.2. The minimum atomic E-state index is -3.17. The van der Waals surface area contributed by atoms with E-state index in [0.717, 1.165) is 21.7 Å². The third kappa shape index (κ3) is 4.27. The third-order valence-electron chi connectivity index (χ3n) is 5.17. The largest absolute Gasteiger partial charge is 0.322 e. The zero-order chi connectivity index (χ0) is 20.8. The summed E-state index contributed by atoms with van der Waals surface area (Å²) in [5, 5.41) is 4.99. The van der Waals surface area contributed by atoms with E-state index in [9.17, 15) is 4.57 Å². The van der Waals surface area contributed by atoms with E-state index in [-0.39, 0.29) is 6.04 Å². The van der Waals surface area contributed by atoms with Gasteiger partial charge in [0.25, 0.3) is 0 Å². The van der Waals surface area contributed by atoms with E-state index in [1.54, 1.807) is 12.4 Å². The second-order valence-electron chi connectivity index (χ2n) is 7.10. The highest BCUT2D eigenvalue weighted by molar-refractivity contribution is 7.76. The van der Waals surface area contributed by atoms with Crippen LogP contribution in [0.5, 0.6) is 0 Å². The SMILES string of the molecule is N[C@@H](c1ccncc1)[C@@H](NP(=O)(c1ccccc1)c1ccccc1)c1ccccc1. The summed E-state index contributed by atoms with van der Waals surface area (Å²) >= 11 is 0. The summed E-state index contributed by atoms with van der Waals surface area (Å²) in [5.41, 5.74) is 8.63. The first-order valence-corrected chi connectivity index (χ1v) is 11.6. The van der Waals surface area contributed by atoms with Gasteiger partial charge in [0.05, 0.1) is 6.04 Å². The van der Waals surface area contributed by atoms with Crippen molar-refractivity contribution in [1.29, 1.82) is 0 Å². The fourth-order valence-corrected chi connectivity index (χ4v) is 6.05. The molecule has 5 heteroatoms. The van der Waals surface area contributed by atoms with Crippen LogP contribution in [0.3, 0.4) is 0 Å². The lowest BCUT2D eigenvalue weighted by molar-refractivity contribution is 0.511. The topological polar surface area (TPSA) is 68.0 Å². The second-order valence-corrected chi connectivity index (χ2v) is 9.61.